The van der Waals surface area contributed by atoms with Gasteiger partial charge in [0.15, 0.2) is 0 Å². The summed E-state index contributed by atoms with van der Waals surface area (Å²) in [4.78, 5) is 19.6. The number of hydrogen-bond donors (Lipinski definition) is 1. The lowest BCUT2D eigenvalue weighted by Crippen LogP contribution is -2.35. The lowest BCUT2D eigenvalue weighted by atomic mass is 10.1. The molecule has 0 aromatic heterocycles. The maximum atomic E-state index is 11.9. The van der Waals surface area contributed by atoms with Gasteiger partial charge in [-0.3, -0.25) is 9.63 Å². The molecule has 1 aromatic rings. The summed E-state index contributed by atoms with van der Waals surface area (Å²) in [6.07, 6.45) is 3.88. The summed E-state index contributed by atoms with van der Waals surface area (Å²) in [5, 5.41) is 0. The normalized spacial score (nSPS) is 16.1. The number of nitrogens with zero attached hydrogens (tertiary/aromatic N) is 1. The smallest absolute Gasteiger partial charge is 0.274 e. The fourth-order valence-electron chi connectivity index (χ4n) is 2.42. The minimum Gasteiger partial charge on any atom is -0.301 e. The molecule has 4 nitrogen and oxygen atoms in total. The molecule has 1 heterocycles. The minimum atomic E-state index is -0.174. The van der Waals surface area contributed by atoms with Crippen molar-refractivity contribution in [2.24, 2.45) is 0 Å². The van der Waals surface area contributed by atoms with Crippen LogP contribution in [0.3, 0.4) is 0 Å². The highest BCUT2D eigenvalue weighted by Crippen LogP contribution is 2.10. The van der Waals surface area contributed by atoms with Crippen molar-refractivity contribution in [2.75, 3.05) is 26.2 Å². The summed E-state index contributed by atoms with van der Waals surface area (Å²) in [5.41, 5.74) is 5.47. The van der Waals surface area contributed by atoms with Gasteiger partial charge in [-0.05, 0) is 63.0 Å². The molecule has 1 aliphatic heterocycles. The van der Waals surface area contributed by atoms with E-state index in [1.165, 1.54) is 24.8 Å². The largest absolute Gasteiger partial charge is 0.301 e. The van der Waals surface area contributed by atoms with Gasteiger partial charge < -0.3 is 4.90 Å². The second kappa shape index (κ2) is 7.41. The van der Waals surface area contributed by atoms with Crippen LogP contribution >= 0.6 is 0 Å². The van der Waals surface area contributed by atoms with E-state index < -0.39 is 0 Å². The number of hydrogen-bond acceptors (Lipinski definition) is 3. The van der Waals surface area contributed by atoms with Crippen molar-refractivity contribution in [3.8, 4) is 0 Å². The van der Waals surface area contributed by atoms with E-state index in [0.29, 0.717) is 12.2 Å². The predicted molar refractivity (Wildman–Crippen MR) is 79.6 cm³/mol. The SMILES string of the molecule is Cc1ccc(C(=O)NOCCN2CCCCC2)cc1C. The minimum absolute atomic E-state index is 0.174. The summed E-state index contributed by atoms with van der Waals surface area (Å²) in [7, 11) is 0. The zero-order valence-electron chi connectivity index (χ0n) is 12.4. The van der Waals surface area contributed by atoms with Crippen molar-refractivity contribution in [1.82, 2.24) is 10.4 Å². The fraction of sp³-hybridized carbons (Fsp3) is 0.562. The number of nitrogens with one attached hydrogen (secondary N) is 1. The monoisotopic (exact) mass is 276 g/mol. The average Bonchev–Trinajstić information content (AvgIpc) is 2.47. The maximum absolute atomic E-state index is 11.9. The first kappa shape index (κ1) is 15.0. The third kappa shape index (κ3) is 4.32. The molecule has 1 saturated heterocycles. The number of amides is 1. The number of hydroxylamine groups is 1. The Labute approximate surface area is 121 Å². The lowest BCUT2D eigenvalue weighted by molar-refractivity contribution is 0.0206. The van der Waals surface area contributed by atoms with E-state index >= 15 is 0 Å². The molecular formula is C16H24N2O2. The first-order valence-corrected chi connectivity index (χ1v) is 7.38. The number of carbonyl (C=O) groups is 1. The summed E-state index contributed by atoms with van der Waals surface area (Å²) < 4.78 is 0. The number of likely N-dealkylation sites (tertiary alicyclic amines) is 1. The molecule has 0 aliphatic carbocycles. The summed E-state index contributed by atoms with van der Waals surface area (Å²) in [5.74, 6) is -0.174. The Hall–Kier alpha value is -1.39. The van der Waals surface area contributed by atoms with E-state index in [0.717, 1.165) is 25.2 Å². The molecule has 20 heavy (non-hydrogen) atoms. The molecule has 0 saturated carbocycles. The molecule has 2 rings (SSSR count). The van der Waals surface area contributed by atoms with Crippen molar-refractivity contribution in [3.63, 3.8) is 0 Å². The van der Waals surface area contributed by atoms with Crippen molar-refractivity contribution >= 4 is 5.91 Å². The number of carbonyl (C=O) groups excluding carboxylic acids is 1. The summed E-state index contributed by atoms with van der Waals surface area (Å²) in [6, 6.07) is 5.67. The number of rotatable bonds is 5. The quantitative estimate of drug-likeness (QED) is 0.663. The molecule has 0 spiro atoms. The highest BCUT2D eigenvalue weighted by atomic mass is 16.6. The van der Waals surface area contributed by atoms with Crippen molar-refractivity contribution < 1.29 is 9.63 Å². The van der Waals surface area contributed by atoms with E-state index in [4.69, 9.17) is 4.84 Å². The maximum Gasteiger partial charge on any atom is 0.274 e. The molecule has 1 aromatic carbocycles. The summed E-state index contributed by atoms with van der Waals surface area (Å²) >= 11 is 0. The van der Waals surface area contributed by atoms with Crippen molar-refractivity contribution in [2.45, 2.75) is 33.1 Å². The highest BCUT2D eigenvalue weighted by molar-refractivity contribution is 5.93. The Balaban J connectivity index is 1.70. The van der Waals surface area contributed by atoms with Gasteiger partial charge in [-0.25, -0.2) is 5.48 Å². The van der Waals surface area contributed by atoms with Gasteiger partial charge in [0.1, 0.15) is 0 Å². The third-order valence-corrected chi connectivity index (χ3v) is 3.89. The van der Waals surface area contributed by atoms with Gasteiger partial charge in [0.05, 0.1) is 6.61 Å². The molecule has 0 radical (unpaired) electrons. The van der Waals surface area contributed by atoms with Gasteiger partial charge in [0.25, 0.3) is 5.91 Å². The zero-order valence-corrected chi connectivity index (χ0v) is 12.4. The summed E-state index contributed by atoms with van der Waals surface area (Å²) in [6.45, 7) is 7.75. The average molecular weight is 276 g/mol. The van der Waals surface area contributed by atoms with Crippen LogP contribution < -0.4 is 5.48 Å². The van der Waals surface area contributed by atoms with Crippen LogP contribution in [0.25, 0.3) is 0 Å². The molecule has 1 fully saturated rings. The lowest BCUT2D eigenvalue weighted by Gasteiger charge is -2.25. The number of aryl methyl sites for hydroxylation is 2. The first-order valence-electron chi connectivity index (χ1n) is 7.38. The molecule has 0 unspecified atom stereocenters. The third-order valence-electron chi connectivity index (χ3n) is 3.89. The fourth-order valence-corrected chi connectivity index (χ4v) is 2.42. The van der Waals surface area contributed by atoms with Crippen LogP contribution in [0.15, 0.2) is 18.2 Å². The predicted octanol–water partition coefficient (Wildman–Crippen LogP) is 2.45. The molecule has 0 atom stereocenters. The van der Waals surface area contributed by atoms with Crippen LogP contribution in [0.1, 0.15) is 40.7 Å². The Bertz CT molecular complexity index is 454. The van der Waals surface area contributed by atoms with Gasteiger partial charge in [-0.15, -0.1) is 0 Å². The Morgan fingerprint density at radius 2 is 1.95 bits per heavy atom. The zero-order chi connectivity index (χ0) is 14.4. The number of piperidine rings is 1. The topological polar surface area (TPSA) is 41.6 Å². The molecule has 1 N–H and O–H groups in total. The van der Waals surface area contributed by atoms with Crippen LogP contribution in [0.2, 0.25) is 0 Å². The molecule has 110 valence electrons. The van der Waals surface area contributed by atoms with Gasteiger partial charge in [0.2, 0.25) is 0 Å². The van der Waals surface area contributed by atoms with Crippen LogP contribution in [-0.4, -0.2) is 37.0 Å². The highest BCUT2D eigenvalue weighted by Gasteiger charge is 2.10. The second-order valence-corrected chi connectivity index (χ2v) is 5.48. The van der Waals surface area contributed by atoms with Crippen LogP contribution in [-0.2, 0) is 4.84 Å². The van der Waals surface area contributed by atoms with E-state index in [9.17, 15) is 4.79 Å². The standard InChI is InChI=1S/C16H24N2O2/c1-13-6-7-15(12-14(13)2)16(19)17-20-11-10-18-8-4-3-5-9-18/h6-7,12H,3-5,8-11H2,1-2H3,(H,17,19). The second-order valence-electron chi connectivity index (χ2n) is 5.48. The molecule has 4 heteroatoms. The molecule has 1 aliphatic rings. The first-order chi connectivity index (χ1) is 9.66. The van der Waals surface area contributed by atoms with E-state index in [-0.39, 0.29) is 5.91 Å². The molecule has 0 bridgehead atoms. The van der Waals surface area contributed by atoms with E-state index in [1.807, 2.05) is 32.0 Å². The van der Waals surface area contributed by atoms with Crippen LogP contribution in [0, 0.1) is 13.8 Å². The van der Waals surface area contributed by atoms with Gasteiger partial charge in [-0.1, -0.05) is 12.5 Å². The Morgan fingerprint density at radius 1 is 1.20 bits per heavy atom. The van der Waals surface area contributed by atoms with Crippen LogP contribution in [0.4, 0.5) is 0 Å². The number of benzene rings is 1. The molecular weight excluding hydrogens is 252 g/mol. The van der Waals surface area contributed by atoms with Gasteiger partial charge in [0, 0.05) is 12.1 Å². The van der Waals surface area contributed by atoms with Crippen molar-refractivity contribution in [3.05, 3.63) is 34.9 Å². The Morgan fingerprint density at radius 3 is 2.65 bits per heavy atom. The van der Waals surface area contributed by atoms with Gasteiger partial charge in [-0.2, -0.15) is 0 Å². The van der Waals surface area contributed by atoms with Gasteiger partial charge >= 0.3 is 0 Å². The van der Waals surface area contributed by atoms with Crippen molar-refractivity contribution in [1.29, 1.82) is 0 Å². The van der Waals surface area contributed by atoms with Crippen LogP contribution in [0.5, 0.6) is 0 Å². The Kier molecular flexibility index (Phi) is 5.56. The van der Waals surface area contributed by atoms with E-state index in [1.54, 1.807) is 0 Å². The van der Waals surface area contributed by atoms with E-state index in [2.05, 4.69) is 10.4 Å². The molecule has 1 amide bonds.